The number of rotatable bonds is 5. The van der Waals surface area contributed by atoms with Crippen molar-refractivity contribution in [1.82, 2.24) is 14.8 Å². The van der Waals surface area contributed by atoms with Gasteiger partial charge >= 0.3 is 5.97 Å². The molecule has 0 aromatic carbocycles. The summed E-state index contributed by atoms with van der Waals surface area (Å²) in [6, 6.07) is 5.03. The van der Waals surface area contributed by atoms with E-state index in [0.29, 0.717) is 5.69 Å². The topological polar surface area (TPSA) is 56.7 Å². The molecule has 1 fully saturated rings. The molecular formula is C15H23N3O2. The Bertz CT molecular complexity index is 438. The third-order valence-electron chi connectivity index (χ3n) is 3.84. The van der Waals surface area contributed by atoms with E-state index in [1.807, 2.05) is 12.1 Å². The Morgan fingerprint density at radius 1 is 1.50 bits per heavy atom. The van der Waals surface area contributed by atoms with E-state index in [2.05, 4.69) is 28.6 Å². The highest BCUT2D eigenvalue weighted by Gasteiger charge is 2.34. The average molecular weight is 277 g/mol. The summed E-state index contributed by atoms with van der Waals surface area (Å²) in [5.41, 5.74) is 0.621. The van der Waals surface area contributed by atoms with E-state index < -0.39 is 12.0 Å². The van der Waals surface area contributed by atoms with E-state index in [1.54, 1.807) is 12.3 Å². The van der Waals surface area contributed by atoms with E-state index in [-0.39, 0.29) is 6.04 Å². The minimum Gasteiger partial charge on any atom is -0.480 e. The monoisotopic (exact) mass is 277 g/mol. The van der Waals surface area contributed by atoms with Gasteiger partial charge < -0.3 is 10.0 Å². The van der Waals surface area contributed by atoms with Crippen molar-refractivity contribution in [3.8, 4) is 0 Å². The van der Waals surface area contributed by atoms with Gasteiger partial charge in [0.05, 0.1) is 5.69 Å². The largest absolute Gasteiger partial charge is 0.480 e. The molecule has 1 aliphatic rings. The van der Waals surface area contributed by atoms with Gasteiger partial charge in [-0.15, -0.1) is 0 Å². The molecule has 110 valence electrons. The lowest BCUT2D eigenvalue weighted by Gasteiger charge is -2.42. The summed E-state index contributed by atoms with van der Waals surface area (Å²) in [6.45, 7) is 7.97. The molecule has 1 N–H and O–H groups in total. The molecule has 0 saturated carbocycles. The van der Waals surface area contributed by atoms with Crippen LogP contribution in [-0.4, -0.2) is 58.1 Å². The third-order valence-corrected chi connectivity index (χ3v) is 3.84. The molecule has 5 nitrogen and oxygen atoms in total. The molecule has 2 heterocycles. The average Bonchev–Trinajstić information content (AvgIpc) is 2.43. The second-order valence-corrected chi connectivity index (χ2v) is 5.38. The fourth-order valence-electron chi connectivity index (χ4n) is 2.93. The van der Waals surface area contributed by atoms with Crippen LogP contribution in [0.4, 0.5) is 0 Å². The number of carboxylic acids is 1. The summed E-state index contributed by atoms with van der Waals surface area (Å²) in [5.74, 6) is -0.820. The summed E-state index contributed by atoms with van der Waals surface area (Å²) < 4.78 is 0. The van der Waals surface area contributed by atoms with Gasteiger partial charge in [0, 0.05) is 31.9 Å². The van der Waals surface area contributed by atoms with Gasteiger partial charge in [-0.1, -0.05) is 13.0 Å². The SMILES string of the molecule is CCCN1CCN(C(C(=O)O)c2ccccn2)C(C)C1. The van der Waals surface area contributed by atoms with Crippen LogP contribution in [-0.2, 0) is 4.79 Å². The number of carbonyl (C=O) groups is 1. The van der Waals surface area contributed by atoms with Crippen molar-refractivity contribution < 1.29 is 9.90 Å². The van der Waals surface area contributed by atoms with Gasteiger partial charge in [0.25, 0.3) is 0 Å². The fourth-order valence-corrected chi connectivity index (χ4v) is 2.93. The Balaban J connectivity index is 2.13. The van der Waals surface area contributed by atoms with Gasteiger partial charge in [0.15, 0.2) is 6.04 Å². The zero-order chi connectivity index (χ0) is 14.5. The van der Waals surface area contributed by atoms with Crippen LogP contribution in [0.15, 0.2) is 24.4 Å². The van der Waals surface area contributed by atoms with Crippen molar-refractivity contribution in [3.63, 3.8) is 0 Å². The highest BCUT2D eigenvalue weighted by Crippen LogP contribution is 2.24. The molecule has 0 radical (unpaired) electrons. The second-order valence-electron chi connectivity index (χ2n) is 5.38. The van der Waals surface area contributed by atoms with Crippen molar-refractivity contribution in [2.75, 3.05) is 26.2 Å². The number of hydrogen-bond acceptors (Lipinski definition) is 4. The number of piperazine rings is 1. The van der Waals surface area contributed by atoms with E-state index >= 15 is 0 Å². The maximum Gasteiger partial charge on any atom is 0.327 e. The van der Waals surface area contributed by atoms with Crippen LogP contribution >= 0.6 is 0 Å². The maximum absolute atomic E-state index is 11.7. The van der Waals surface area contributed by atoms with E-state index in [0.717, 1.165) is 32.6 Å². The third kappa shape index (κ3) is 3.35. The standard InChI is InChI=1S/C15H23N3O2/c1-3-8-17-9-10-18(12(2)11-17)14(15(19)20)13-6-4-5-7-16-13/h4-7,12,14H,3,8-11H2,1-2H3,(H,19,20). The van der Waals surface area contributed by atoms with Crippen molar-refractivity contribution in [1.29, 1.82) is 0 Å². The molecular weight excluding hydrogens is 254 g/mol. The first kappa shape index (κ1) is 14.9. The van der Waals surface area contributed by atoms with Gasteiger partial charge in [-0.25, -0.2) is 0 Å². The molecule has 1 saturated heterocycles. The normalized spacial score (nSPS) is 22.6. The van der Waals surface area contributed by atoms with E-state index in [9.17, 15) is 9.90 Å². The Kier molecular flexibility index (Phi) is 5.09. The van der Waals surface area contributed by atoms with Gasteiger partial charge in [0.2, 0.25) is 0 Å². The van der Waals surface area contributed by atoms with Crippen LogP contribution in [0.3, 0.4) is 0 Å². The van der Waals surface area contributed by atoms with Crippen LogP contribution < -0.4 is 0 Å². The lowest BCUT2D eigenvalue weighted by Crippen LogP contribution is -2.54. The zero-order valence-electron chi connectivity index (χ0n) is 12.2. The summed E-state index contributed by atoms with van der Waals surface area (Å²) in [4.78, 5) is 20.3. The molecule has 2 atom stereocenters. The first-order valence-electron chi connectivity index (χ1n) is 7.25. The molecule has 2 unspecified atom stereocenters. The van der Waals surface area contributed by atoms with Crippen molar-refractivity contribution in [2.45, 2.75) is 32.4 Å². The molecule has 0 aliphatic carbocycles. The summed E-state index contributed by atoms with van der Waals surface area (Å²) in [7, 11) is 0. The highest BCUT2D eigenvalue weighted by atomic mass is 16.4. The Hall–Kier alpha value is -1.46. The maximum atomic E-state index is 11.7. The zero-order valence-corrected chi connectivity index (χ0v) is 12.2. The highest BCUT2D eigenvalue weighted by molar-refractivity contribution is 5.75. The lowest BCUT2D eigenvalue weighted by molar-refractivity contribution is -0.146. The first-order chi connectivity index (χ1) is 9.63. The number of nitrogens with zero attached hydrogens (tertiary/aromatic N) is 3. The molecule has 1 aliphatic heterocycles. The molecule has 1 aromatic heterocycles. The number of carboxylic acid groups (broad SMARTS) is 1. The quantitative estimate of drug-likeness (QED) is 0.886. The van der Waals surface area contributed by atoms with Crippen LogP contribution in [0.5, 0.6) is 0 Å². The predicted octanol–water partition coefficient (Wildman–Crippen LogP) is 1.62. The van der Waals surface area contributed by atoms with Gasteiger partial charge in [0.1, 0.15) is 0 Å². The molecule has 2 rings (SSSR count). The summed E-state index contributed by atoms with van der Waals surface area (Å²) in [5, 5.41) is 9.57. The van der Waals surface area contributed by atoms with Crippen LogP contribution in [0, 0.1) is 0 Å². The number of hydrogen-bond donors (Lipinski definition) is 1. The smallest absolute Gasteiger partial charge is 0.327 e. The number of pyridine rings is 1. The van der Waals surface area contributed by atoms with Crippen LogP contribution in [0.2, 0.25) is 0 Å². The van der Waals surface area contributed by atoms with E-state index in [4.69, 9.17) is 0 Å². The predicted molar refractivity (Wildman–Crippen MR) is 77.5 cm³/mol. The molecule has 1 aromatic rings. The first-order valence-corrected chi connectivity index (χ1v) is 7.25. The van der Waals surface area contributed by atoms with Crippen molar-refractivity contribution in [2.24, 2.45) is 0 Å². The molecule has 5 heteroatoms. The number of aliphatic carboxylic acids is 1. The lowest BCUT2D eigenvalue weighted by atomic mass is 10.1. The molecule has 0 bridgehead atoms. The molecule has 0 spiro atoms. The van der Waals surface area contributed by atoms with Gasteiger partial charge in [-0.2, -0.15) is 0 Å². The second kappa shape index (κ2) is 6.81. The number of aromatic nitrogens is 1. The van der Waals surface area contributed by atoms with Crippen LogP contribution in [0.25, 0.3) is 0 Å². The van der Waals surface area contributed by atoms with Crippen LogP contribution in [0.1, 0.15) is 32.0 Å². The Morgan fingerprint density at radius 3 is 2.85 bits per heavy atom. The molecule has 0 amide bonds. The van der Waals surface area contributed by atoms with E-state index in [1.165, 1.54) is 0 Å². The minimum atomic E-state index is -0.820. The minimum absolute atomic E-state index is 0.221. The van der Waals surface area contributed by atoms with Crippen molar-refractivity contribution >= 4 is 5.97 Å². The Morgan fingerprint density at radius 2 is 2.30 bits per heavy atom. The summed E-state index contributed by atoms with van der Waals surface area (Å²) in [6.07, 6.45) is 2.79. The van der Waals surface area contributed by atoms with Crippen molar-refractivity contribution in [3.05, 3.63) is 30.1 Å². The molecule has 20 heavy (non-hydrogen) atoms. The Labute approximate surface area is 120 Å². The fraction of sp³-hybridized carbons (Fsp3) is 0.600. The summed E-state index contributed by atoms with van der Waals surface area (Å²) >= 11 is 0. The van der Waals surface area contributed by atoms with Gasteiger partial charge in [-0.05, 0) is 32.0 Å². The van der Waals surface area contributed by atoms with Gasteiger partial charge in [-0.3, -0.25) is 14.7 Å².